The molecule has 5 rings (SSSR count). The van der Waals surface area contributed by atoms with E-state index in [1.807, 2.05) is 109 Å². The number of hydrogen-bond donors (Lipinski definition) is 0. The van der Waals surface area contributed by atoms with Crippen LogP contribution in [0.5, 0.6) is 11.5 Å². The summed E-state index contributed by atoms with van der Waals surface area (Å²) in [5.41, 5.74) is 3.47. The van der Waals surface area contributed by atoms with Gasteiger partial charge < -0.3 is 18.9 Å². The zero-order valence-electron chi connectivity index (χ0n) is 26.3. The van der Waals surface area contributed by atoms with Gasteiger partial charge >= 0.3 is 12.1 Å². The van der Waals surface area contributed by atoms with Gasteiger partial charge in [0.05, 0.1) is 38.7 Å². The molecule has 0 saturated carbocycles. The van der Waals surface area contributed by atoms with Crippen LogP contribution in [0.4, 0.5) is 4.79 Å². The number of carbonyl (C=O) groups is 3. The first kappa shape index (κ1) is 32.3. The summed E-state index contributed by atoms with van der Waals surface area (Å²) >= 11 is 0. The molecule has 8 heteroatoms. The van der Waals surface area contributed by atoms with Gasteiger partial charge in [-0.1, -0.05) is 84.9 Å². The topological polar surface area (TPSA) is 91.4 Å². The van der Waals surface area contributed by atoms with Gasteiger partial charge in [-0.3, -0.25) is 9.59 Å². The number of methoxy groups -OCH3 is 2. The fourth-order valence-corrected chi connectivity index (χ4v) is 6.22. The molecule has 1 heterocycles. The molecule has 2 amide bonds. The third-order valence-corrected chi connectivity index (χ3v) is 8.42. The Kier molecular flexibility index (Phi) is 10.7. The monoisotopic (exact) mass is 621 g/mol. The van der Waals surface area contributed by atoms with Crippen molar-refractivity contribution in [3.8, 4) is 11.5 Å². The number of benzene rings is 4. The van der Waals surface area contributed by atoms with Crippen molar-refractivity contribution >= 4 is 18.0 Å². The van der Waals surface area contributed by atoms with Crippen molar-refractivity contribution in [3.63, 3.8) is 0 Å². The van der Waals surface area contributed by atoms with E-state index in [2.05, 4.69) is 0 Å². The van der Waals surface area contributed by atoms with Gasteiger partial charge in [0, 0.05) is 5.92 Å². The third kappa shape index (κ3) is 7.40. The van der Waals surface area contributed by atoms with E-state index in [4.69, 9.17) is 18.9 Å². The molecular weight excluding hydrogens is 582 g/mol. The van der Waals surface area contributed by atoms with E-state index in [1.165, 1.54) is 4.90 Å². The van der Waals surface area contributed by atoms with Crippen molar-refractivity contribution in [1.29, 1.82) is 0 Å². The summed E-state index contributed by atoms with van der Waals surface area (Å²) < 4.78 is 22.1. The van der Waals surface area contributed by atoms with Gasteiger partial charge in [-0.15, -0.1) is 0 Å². The molecule has 0 bridgehead atoms. The predicted molar refractivity (Wildman–Crippen MR) is 174 cm³/mol. The Balaban J connectivity index is 1.60. The highest BCUT2D eigenvalue weighted by Crippen LogP contribution is 2.37. The highest BCUT2D eigenvalue weighted by Gasteiger charge is 2.48. The average Bonchev–Trinajstić information content (AvgIpc) is 3.47. The molecule has 0 N–H and O–H groups in total. The Bertz CT molecular complexity index is 1590. The predicted octanol–water partition coefficient (Wildman–Crippen LogP) is 6.46. The summed E-state index contributed by atoms with van der Waals surface area (Å²) in [4.78, 5) is 43.4. The Labute approximate surface area is 269 Å². The first-order chi connectivity index (χ1) is 22.4. The van der Waals surface area contributed by atoms with E-state index in [0.29, 0.717) is 11.5 Å². The molecule has 0 aliphatic carbocycles. The molecule has 0 aromatic heterocycles. The summed E-state index contributed by atoms with van der Waals surface area (Å²) in [6.07, 6.45) is -0.363. The van der Waals surface area contributed by atoms with Gasteiger partial charge in [0.25, 0.3) is 0 Å². The van der Waals surface area contributed by atoms with Crippen LogP contribution in [-0.2, 0) is 31.9 Å². The van der Waals surface area contributed by atoms with Gasteiger partial charge in [0.2, 0.25) is 5.91 Å². The van der Waals surface area contributed by atoms with Crippen LogP contribution in [0, 0.1) is 11.8 Å². The van der Waals surface area contributed by atoms with E-state index >= 15 is 0 Å². The van der Waals surface area contributed by atoms with Crippen LogP contribution in [0.3, 0.4) is 0 Å². The van der Waals surface area contributed by atoms with Gasteiger partial charge in [-0.25, -0.2) is 9.69 Å². The second kappa shape index (κ2) is 15.3. The Hall–Kier alpha value is -5.11. The minimum absolute atomic E-state index is 0.0187. The van der Waals surface area contributed by atoms with Crippen molar-refractivity contribution in [2.45, 2.75) is 31.7 Å². The Morgan fingerprint density at radius 3 is 1.78 bits per heavy atom. The number of hydrogen-bond acceptors (Lipinski definition) is 7. The summed E-state index contributed by atoms with van der Waals surface area (Å²) in [5, 5.41) is 0. The van der Waals surface area contributed by atoms with Crippen LogP contribution < -0.4 is 9.47 Å². The molecule has 1 saturated heterocycles. The molecule has 1 fully saturated rings. The smallest absolute Gasteiger partial charge is 0.417 e. The van der Waals surface area contributed by atoms with Crippen molar-refractivity contribution in [2.24, 2.45) is 11.8 Å². The molecule has 3 atom stereocenters. The van der Waals surface area contributed by atoms with E-state index in [1.54, 1.807) is 21.1 Å². The number of nitrogens with zero attached hydrogens (tertiary/aromatic N) is 1. The molecule has 238 valence electrons. The normalized spacial score (nSPS) is 15.6. The van der Waals surface area contributed by atoms with Gasteiger partial charge in [-0.2, -0.15) is 0 Å². The minimum atomic E-state index is -0.960. The van der Waals surface area contributed by atoms with Gasteiger partial charge in [-0.05, 0) is 66.3 Å². The number of esters is 1. The largest absolute Gasteiger partial charge is 0.497 e. The molecule has 4 aromatic rings. The van der Waals surface area contributed by atoms with Crippen LogP contribution in [0.15, 0.2) is 109 Å². The van der Waals surface area contributed by atoms with Crippen LogP contribution in [0.25, 0.3) is 0 Å². The number of imide groups is 1. The van der Waals surface area contributed by atoms with E-state index in [0.717, 1.165) is 22.3 Å². The maximum atomic E-state index is 14.9. The molecule has 46 heavy (non-hydrogen) atoms. The number of rotatable bonds is 13. The van der Waals surface area contributed by atoms with Crippen LogP contribution >= 0.6 is 0 Å². The second-order valence-electron chi connectivity index (χ2n) is 11.2. The zero-order chi connectivity index (χ0) is 32.5. The molecule has 0 spiro atoms. The maximum Gasteiger partial charge on any atom is 0.417 e. The lowest BCUT2D eigenvalue weighted by Gasteiger charge is -2.33. The molecule has 8 nitrogen and oxygen atoms in total. The standard InChI is InChI=1S/C38H39NO7/c1-4-45-37(41)33(24-27-14-12-20-31(22-27)44-3)32(23-26-13-11-19-30(21-26)43-2)36(40)39-34(25-46-38(39)42)35(28-15-7-5-8-16-28)29-17-9-6-10-18-29/h5-22,32-35H,4,23-25H2,1-3H3/t32-,33-,34+/m1/s1. The average molecular weight is 622 g/mol. The summed E-state index contributed by atoms with van der Waals surface area (Å²) in [7, 11) is 3.15. The van der Waals surface area contributed by atoms with Gasteiger partial charge in [0.1, 0.15) is 18.1 Å². The zero-order valence-corrected chi connectivity index (χ0v) is 26.3. The number of cyclic esters (lactones) is 1. The van der Waals surface area contributed by atoms with E-state index in [9.17, 15) is 14.4 Å². The fraction of sp³-hybridized carbons (Fsp3) is 0.289. The number of amides is 2. The number of carbonyl (C=O) groups excluding carboxylic acids is 3. The molecule has 0 radical (unpaired) electrons. The SMILES string of the molecule is CCOC(=O)[C@H](Cc1cccc(OC)c1)[C@@H](Cc1cccc(OC)c1)C(=O)N1C(=O)OC[C@H]1C(c1ccccc1)c1ccccc1. The van der Waals surface area contributed by atoms with Crippen LogP contribution in [0.2, 0.25) is 0 Å². The summed E-state index contributed by atoms with van der Waals surface area (Å²) in [6, 6.07) is 33.7. The lowest BCUT2D eigenvalue weighted by molar-refractivity contribution is -0.154. The lowest BCUT2D eigenvalue weighted by Crippen LogP contribution is -2.49. The second-order valence-corrected chi connectivity index (χ2v) is 11.2. The summed E-state index contributed by atoms with van der Waals surface area (Å²) in [5.74, 6) is -1.98. The highest BCUT2D eigenvalue weighted by atomic mass is 16.6. The third-order valence-electron chi connectivity index (χ3n) is 8.42. The fourth-order valence-electron chi connectivity index (χ4n) is 6.22. The first-order valence-electron chi connectivity index (χ1n) is 15.5. The summed E-state index contributed by atoms with van der Waals surface area (Å²) in [6.45, 7) is 1.90. The first-order valence-corrected chi connectivity index (χ1v) is 15.5. The van der Waals surface area contributed by atoms with Crippen molar-refractivity contribution in [1.82, 2.24) is 4.90 Å². The Morgan fingerprint density at radius 1 is 0.761 bits per heavy atom. The van der Waals surface area contributed by atoms with Crippen molar-refractivity contribution < 1.29 is 33.3 Å². The quantitative estimate of drug-likeness (QED) is 0.158. The highest BCUT2D eigenvalue weighted by molar-refractivity contribution is 5.97. The molecule has 0 unspecified atom stereocenters. The molecule has 4 aromatic carbocycles. The van der Waals surface area contributed by atoms with E-state index in [-0.39, 0.29) is 32.0 Å². The van der Waals surface area contributed by atoms with Crippen molar-refractivity contribution in [2.75, 3.05) is 27.4 Å². The lowest BCUT2D eigenvalue weighted by atomic mass is 9.80. The van der Waals surface area contributed by atoms with E-state index < -0.39 is 35.8 Å². The van der Waals surface area contributed by atoms with Crippen LogP contribution in [0.1, 0.15) is 35.1 Å². The molecular formula is C38H39NO7. The molecule has 1 aliphatic rings. The Morgan fingerprint density at radius 2 is 1.28 bits per heavy atom. The van der Waals surface area contributed by atoms with Gasteiger partial charge in [0.15, 0.2) is 0 Å². The van der Waals surface area contributed by atoms with Crippen molar-refractivity contribution in [3.05, 3.63) is 131 Å². The van der Waals surface area contributed by atoms with Crippen LogP contribution in [-0.4, -0.2) is 56.3 Å². The maximum absolute atomic E-state index is 14.9. The molecule has 1 aliphatic heterocycles. The minimum Gasteiger partial charge on any atom is -0.497 e. The number of ether oxygens (including phenoxy) is 4.